The van der Waals surface area contributed by atoms with Gasteiger partial charge in [0.2, 0.25) is 15.9 Å². The van der Waals surface area contributed by atoms with Crippen LogP contribution in [0, 0.1) is 0 Å². The molecule has 2 aliphatic heterocycles. The largest absolute Gasteiger partial charge is 0.379 e. The molecule has 0 unspecified atom stereocenters. The van der Waals surface area contributed by atoms with Crippen molar-refractivity contribution in [2.45, 2.75) is 37.8 Å². The molecule has 1 fully saturated rings. The second-order valence-electron chi connectivity index (χ2n) is 7.92. The maximum absolute atomic E-state index is 13.0. The summed E-state index contributed by atoms with van der Waals surface area (Å²) in [5, 5.41) is 0. The lowest BCUT2D eigenvalue weighted by molar-refractivity contribution is -0.118. The summed E-state index contributed by atoms with van der Waals surface area (Å²) in [7, 11) is -3.66. The van der Waals surface area contributed by atoms with Crippen LogP contribution in [0.25, 0.3) is 0 Å². The molecule has 2 aromatic carbocycles. The van der Waals surface area contributed by atoms with E-state index < -0.39 is 10.0 Å². The molecule has 31 heavy (non-hydrogen) atoms. The summed E-state index contributed by atoms with van der Waals surface area (Å²) in [5.41, 5.74) is 3.81. The van der Waals surface area contributed by atoms with Gasteiger partial charge in [0.25, 0.3) is 0 Å². The molecule has 4 rings (SSSR count). The van der Waals surface area contributed by atoms with E-state index >= 15 is 0 Å². The lowest BCUT2D eigenvalue weighted by atomic mass is 10.1. The Morgan fingerprint density at radius 1 is 1.06 bits per heavy atom. The zero-order valence-electron chi connectivity index (χ0n) is 17.8. The summed E-state index contributed by atoms with van der Waals surface area (Å²) in [4.78, 5) is 16.4. The van der Waals surface area contributed by atoms with Crippen molar-refractivity contribution in [3.05, 3.63) is 59.2 Å². The first-order valence-electron chi connectivity index (χ1n) is 10.8. The summed E-state index contributed by atoms with van der Waals surface area (Å²) in [5.74, 6) is 0.0596. The van der Waals surface area contributed by atoms with Gasteiger partial charge in [-0.25, -0.2) is 13.1 Å². The predicted octanol–water partition coefficient (Wildman–Crippen LogP) is 2.30. The van der Waals surface area contributed by atoms with E-state index in [1.54, 1.807) is 23.1 Å². The molecule has 1 amide bonds. The van der Waals surface area contributed by atoms with Crippen LogP contribution in [-0.2, 0) is 39.1 Å². The molecule has 0 saturated carbocycles. The predicted molar refractivity (Wildman–Crippen MR) is 119 cm³/mol. The van der Waals surface area contributed by atoms with Crippen molar-refractivity contribution in [2.24, 2.45) is 0 Å². The Kier molecular flexibility index (Phi) is 6.71. The standard InChI is InChI=1S/C23H29N3O4S/c1-2-23(27)26-10-9-18-15-21(7-8-22(18)26)31(28,29)24-16-19-5-3-4-6-20(19)17-25-11-13-30-14-12-25/h3-8,15,24H,2,9-14,16-17H2,1H3. The minimum absolute atomic E-state index is 0.0596. The fourth-order valence-corrected chi connectivity index (χ4v) is 5.19. The summed E-state index contributed by atoms with van der Waals surface area (Å²) in [6.45, 7) is 6.68. The number of nitrogens with one attached hydrogen (secondary N) is 1. The maximum atomic E-state index is 13.0. The van der Waals surface area contributed by atoms with Gasteiger partial charge in [-0.3, -0.25) is 9.69 Å². The van der Waals surface area contributed by atoms with E-state index in [-0.39, 0.29) is 17.3 Å². The van der Waals surface area contributed by atoms with Crippen LogP contribution in [-0.4, -0.2) is 52.1 Å². The van der Waals surface area contributed by atoms with Crippen molar-refractivity contribution >= 4 is 21.6 Å². The van der Waals surface area contributed by atoms with Gasteiger partial charge < -0.3 is 9.64 Å². The van der Waals surface area contributed by atoms with Gasteiger partial charge in [0.15, 0.2) is 0 Å². The first kappa shape index (κ1) is 22.0. The van der Waals surface area contributed by atoms with Crippen LogP contribution in [0.1, 0.15) is 30.0 Å². The van der Waals surface area contributed by atoms with E-state index in [1.807, 2.05) is 31.2 Å². The average Bonchev–Trinajstić information content (AvgIpc) is 3.22. The highest BCUT2D eigenvalue weighted by Crippen LogP contribution is 2.30. The van der Waals surface area contributed by atoms with E-state index in [0.29, 0.717) is 19.4 Å². The number of carbonyl (C=O) groups is 1. The van der Waals surface area contributed by atoms with Gasteiger partial charge in [-0.1, -0.05) is 31.2 Å². The molecule has 2 aromatic rings. The Morgan fingerprint density at radius 2 is 1.81 bits per heavy atom. The van der Waals surface area contributed by atoms with Gasteiger partial charge >= 0.3 is 0 Å². The topological polar surface area (TPSA) is 79.0 Å². The zero-order chi connectivity index (χ0) is 21.8. The highest BCUT2D eigenvalue weighted by atomic mass is 32.2. The van der Waals surface area contributed by atoms with Crippen LogP contribution in [0.2, 0.25) is 0 Å². The van der Waals surface area contributed by atoms with Gasteiger partial charge in [0.05, 0.1) is 18.1 Å². The van der Waals surface area contributed by atoms with Gasteiger partial charge in [-0.05, 0) is 41.3 Å². The highest BCUT2D eigenvalue weighted by molar-refractivity contribution is 7.89. The summed E-state index contributed by atoms with van der Waals surface area (Å²) < 4.78 is 34.1. The van der Waals surface area contributed by atoms with Gasteiger partial charge in [-0.2, -0.15) is 0 Å². The number of fused-ring (bicyclic) bond motifs is 1. The number of rotatable bonds is 7. The molecule has 0 aliphatic carbocycles. The summed E-state index contributed by atoms with van der Waals surface area (Å²) in [6.07, 6.45) is 1.11. The molecule has 1 N–H and O–H groups in total. The number of nitrogens with zero attached hydrogens (tertiary/aromatic N) is 2. The van der Waals surface area contributed by atoms with Crippen molar-refractivity contribution < 1.29 is 17.9 Å². The highest BCUT2D eigenvalue weighted by Gasteiger charge is 2.26. The Morgan fingerprint density at radius 3 is 2.55 bits per heavy atom. The summed E-state index contributed by atoms with van der Waals surface area (Å²) >= 11 is 0. The number of ether oxygens (including phenoxy) is 1. The number of sulfonamides is 1. The fourth-order valence-electron chi connectivity index (χ4n) is 4.14. The Hall–Kier alpha value is -2.26. The number of amides is 1. The monoisotopic (exact) mass is 443 g/mol. The van der Waals surface area contributed by atoms with Crippen LogP contribution < -0.4 is 9.62 Å². The third kappa shape index (κ3) is 4.98. The lowest BCUT2D eigenvalue weighted by Crippen LogP contribution is -2.36. The maximum Gasteiger partial charge on any atom is 0.240 e. The number of morpholine rings is 1. The Balaban J connectivity index is 1.46. The lowest BCUT2D eigenvalue weighted by Gasteiger charge is -2.27. The minimum atomic E-state index is -3.66. The second kappa shape index (κ2) is 9.48. The minimum Gasteiger partial charge on any atom is -0.379 e. The van der Waals surface area contributed by atoms with E-state index in [9.17, 15) is 13.2 Å². The molecule has 166 valence electrons. The Labute approximate surface area is 184 Å². The number of benzene rings is 2. The molecule has 0 bridgehead atoms. The molecule has 0 spiro atoms. The van der Waals surface area contributed by atoms with E-state index in [1.165, 1.54) is 0 Å². The number of anilines is 1. The number of hydrogen-bond acceptors (Lipinski definition) is 5. The molecule has 1 saturated heterocycles. The summed E-state index contributed by atoms with van der Waals surface area (Å²) in [6, 6.07) is 13.0. The zero-order valence-corrected chi connectivity index (χ0v) is 18.7. The number of carbonyl (C=O) groups excluding carboxylic acids is 1. The molecule has 2 heterocycles. The molecule has 0 radical (unpaired) electrons. The molecule has 2 aliphatic rings. The molecular weight excluding hydrogens is 414 g/mol. The van der Waals surface area contributed by atoms with E-state index in [0.717, 1.165) is 55.2 Å². The van der Waals surface area contributed by atoms with Crippen molar-refractivity contribution in [3.63, 3.8) is 0 Å². The van der Waals surface area contributed by atoms with Crippen LogP contribution >= 0.6 is 0 Å². The van der Waals surface area contributed by atoms with Crippen molar-refractivity contribution in [1.29, 1.82) is 0 Å². The third-order valence-corrected chi connectivity index (χ3v) is 7.33. The van der Waals surface area contributed by atoms with Gasteiger partial charge in [0, 0.05) is 44.8 Å². The van der Waals surface area contributed by atoms with Crippen molar-refractivity contribution in [3.8, 4) is 0 Å². The van der Waals surface area contributed by atoms with Crippen molar-refractivity contribution in [2.75, 3.05) is 37.7 Å². The Bertz CT molecular complexity index is 1050. The van der Waals surface area contributed by atoms with Gasteiger partial charge in [0.1, 0.15) is 0 Å². The van der Waals surface area contributed by atoms with E-state index in [4.69, 9.17) is 4.74 Å². The van der Waals surface area contributed by atoms with Crippen molar-refractivity contribution in [1.82, 2.24) is 9.62 Å². The first-order chi connectivity index (χ1) is 15.0. The molecule has 0 aromatic heterocycles. The van der Waals surface area contributed by atoms with Gasteiger partial charge in [-0.15, -0.1) is 0 Å². The molecular formula is C23H29N3O4S. The first-order valence-corrected chi connectivity index (χ1v) is 12.3. The van der Waals surface area contributed by atoms with E-state index in [2.05, 4.69) is 9.62 Å². The third-order valence-electron chi connectivity index (χ3n) is 5.93. The van der Waals surface area contributed by atoms with Crippen LogP contribution in [0.5, 0.6) is 0 Å². The quantitative estimate of drug-likeness (QED) is 0.710. The molecule has 8 heteroatoms. The SMILES string of the molecule is CCC(=O)N1CCc2cc(S(=O)(=O)NCc3ccccc3CN3CCOCC3)ccc21. The van der Waals surface area contributed by atoms with Crippen LogP contribution in [0.4, 0.5) is 5.69 Å². The second-order valence-corrected chi connectivity index (χ2v) is 9.69. The average molecular weight is 444 g/mol. The normalized spacial score (nSPS) is 17.0. The van der Waals surface area contributed by atoms with Crippen LogP contribution in [0.15, 0.2) is 47.4 Å². The fraction of sp³-hybridized carbons (Fsp3) is 0.435. The molecule has 7 nitrogen and oxygen atoms in total. The molecule has 0 atom stereocenters. The van der Waals surface area contributed by atoms with Crippen LogP contribution in [0.3, 0.4) is 0 Å². The number of hydrogen-bond donors (Lipinski definition) is 1. The smallest absolute Gasteiger partial charge is 0.240 e.